The first kappa shape index (κ1) is 30.6. The van der Waals surface area contributed by atoms with Crippen LogP contribution in [0.2, 0.25) is 0 Å². The predicted octanol–water partition coefficient (Wildman–Crippen LogP) is 6.61. The van der Waals surface area contributed by atoms with Gasteiger partial charge >= 0.3 is 11.9 Å². The van der Waals surface area contributed by atoms with Crippen molar-refractivity contribution in [2.24, 2.45) is 62.6 Å². The highest BCUT2D eigenvalue weighted by atomic mass is 16.5. The van der Waals surface area contributed by atoms with E-state index in [0.717, 1.165) is 90.1 Å². The SMILES string of the molecule is C=C(C)[C@@H]1CC[C@]2(C(=O)O)CC[C@]3(C)[C@H](CC[C@@H]4[C@@]5(C)CC[C@H](O)[C@@](C)(COC(=O)C6CCNCC6)[C@@H]5CC[C@]43C)[C@@H]12. The lowest BCUT2D eigenvalue weighted by Gasteiger charge is -2.72. The number of carboxylic acids is 1. The Balaban J connectivity index is 1.29. The first-order valence-corrected chi connectivity index (χ1v) is 17.2. The van der Waals surface area contributed by atoms with Crippen molar-refractivity contribution >= 4 is 11.9 Å². The Morgan fingerprint density at radius 2 is 1.57 bits per heavy atom. The van der Waals surface area contributed by atoms with Gasteiger partial charge in [0.1, 0.15) is 0 Å². The Bertz CT molecular complexity index is 1120. The second-order valence-corrected chi connectivity index (χ2v) is 16.8. The van der Waals surface area contributed by atoms with Gasteiger partial charge in [-0.25, -0.2) is 0 Å². The maximum absolute atomic E-state index is 13.1. The summed E-state index contributed by atoms with van der Waals surface area (Å²) in [6.45, 7) is 18.3. The number of carboxylic acid groups (broad SMARTS) is 1. The number of nitrogens with one attached hydrogen (secondary N) is 1. The van der Waals surface area contributed by atoms with Crippen molar-refractivity contribution in [1.29, 1.82) is 0 Å². The molecule has 1 heterocycles. The number of aliphatic hydroxyl groups excluding tert-OH is 1. The molecule has 5 aliphatic carbocycles. The number of hydrogen-bond acceptors (Lipinski definition) is 5. The highest BCUT2D eigenvalue weighted by Gasteiger charge is 2.72. The van der Waals surface area contributed by atoms with Crippen LogP contribution in [-0.2, 0) is 14.3 Å². The Kier molecular flexibility index (Phi) is 7.53. The fourth-order valence-electron chi connectivity index (χ4n) is 12.9. The molecule has 0 amide bonds. The standard InChI is InChI=1S/C36H57NO5/c1-22(2)24-9-16-36(31(40)41)18-17-34(5)25(29(24)36)7-8-27-32(3)14-11-28(38)33(4,26(32)10-15-35(27,34)6)21-42-30(39)23-12-19-37-20-13-23/h23-29,37-38H,1,7-21H2,2-6H3,(H,40,41)/t24-,25+,26+,27+,28-,29+,32-,33-,34+,35+,36-/m0/s1. The number of ether oxygens (including phenoxy) is 1. The molecule has 6 fully saturated rings. The minimum atomic E-state index is -0.593. The van der Waals surface area contributed by atoms with Gasteiger partial charge in [0.05, 0.1) is 24.0 Å². The van der Waals surface area contributed by atoms with Crippen molar-refractivity contribution in [3.05, 3.63) is 12.2 Å². The lowest BCUT2D eigenvalue weighted by Crippen LogP contribution is -2.67. The average molecular weight is 584 g/mol. The second kappa shape index (κ2) is 10.3. The van der Waals surface area contributed by atoms with E-state index in [9.17, 15) is 19.8 Å². The number of fused-ring (bicyclic) bond motifs is 7. The molecule has 1 saturated heterocycles. The number of hydrogen-bond donors (Lipinski definition) is 3. The normalized spacial score (nSPS) is 50.5. The maximum atomic E-state index is 13.1. The molecule has 236 valence electrons. The predicted molar refractivity (Wildman–Crippen MR) is 163 cm³/mol. The molecular formula is C36H57NO5. The van der Waals surface area contributed by atoms with Gasteiger partial charge in [0.15, 0.2) is 0 Å². The van der Waals surface area contributed by atoms with Crippen LogP contribution in [0.5, 0.6) is 0 Å². The first-order valence-electron chi connectivity index (χ1n) is 17.2. The van der Waals surface area contributed by atoms with Gasteiger partial charge < -0.3 is 20.3 Å². The lowest BCUT2D eigenvalue weighted by atomic mass is 9.32. The Morgan fingerprint density at radius 1 is 0.857 bits per heavy atom. The van der Waals surface area contributed by atoms with Crippen molar-refractivity contribution in [3.8, 4) is 0 Å². The molecule has 11 atom stereocenters. The summed E-state index contributed by atoms with van der Waals surface area (Å²) in [6.07, 6.45) is 10.8. The summed E-state index contributed by atoms with van der Waals surface area (Å²) in [4.78, 5) is 26.0. The van der Waals surface area contributed by atoms with E-state index in [-0.39, 0.29) is 34.1 Å². The van der Waals surface area contributed by atoms with Crippen LogP contribution in [0.4, 0.5) is 0 Å². The number of aliphatic carboxylic acids is 1. The van der Waals surface area contributed by atoms with Crippen molar-refractivity contribution in [3.63, 3.8) is 0 Å². The fourth-order valence-corrected chi connectivity index (χ4v) is 12.9. The largest absolute Gasteiger partial charge is 0.481 e. The fraction of sp³-hybridized carbons (Fsp3) is 0.889. The van der Waals surface area contributed by atoms with Gasteiger partial charge in [0.25, 0.3) is 0 Å². The molecule has 0 spiro atoms. The lowest BCUT2D eigenvalue weighted by molar-refractivity contribution is -0.255. The molecule has 6 aliphatic rings. The van der Waals surface area contributed by atoms with Crippen LogP contribution in [-0.4, -0.2) is 48.0 Å². The topological polar surface area (TPSA) is 95.9 Å². The maximum Gasteiger partial charge on any atom is 0.309 e. The van der Waals surface area contributed by atoms with Gasteiger partial charge in [-0.3, -0.25) is 9.59 Å². The van der Waals surface area contributed by atoms with E-state index in [1.165, 1.54) is 5.57 Å². The summed E-state index contributed by atoms with van der Waals surface area (Å²) in [5.74, 6) is 1.01. The molecule has 0 unspecified atom stereocenters. The second-order valence-electron chi connectivity index (χ2n) is 16.8. The highest BCUT2D eigenvalue weighted by Crippen LogP contribution is 2.77. The average Bonchev–Trinajstić information content (AvgIpc) is 3.36. The number of esters is 1. The molecule has 3 N–H and O–H groups in total. The summed E-state index contributed by atoms with van der Waals surface area (Å²) in [6, 6.07) is 0. The highest BCUT2D eigenvalue weighted by molar-refractivity contribution is 5.76. The van der Waals surface area contributed by atoms with E-state index in [4.69, 9.17) is 4.74 Å². The van der Waals surface area contributed by atoms with Crippen LogP contribution >= 0.6 is 0 Å². The third kappa shape index (κ3) is 4.08. The number of piperidine rings is 1. The zero-order chi connectivity index (χ0) is 30.3. The molecule has 0 aromatic carbocycles. The summed E-state index contributed by atoms with van der Waals surface area (Å²) < 4.78 is 6.08. The van der Waals surface area contributed by atoms with Gasteiger partial charge in [-0.15, -0.1) is 0 Å². The smallest absolute Gasteiger partial charge is 0.309 e. The van der Waals surface area contributed by atoms with Gasteiger partial charge in [-0.1, -0.05) is 39.8 Å². The summed E-state index contributed by atoms with van der Waals surface area (Å²) in [5, 5.41) is 25.5. The molecule has 6 rings (SSSR count). The minimum absolute atomic E-state index is 0.0327. The van der Waals surface area contributed by atoms with Crippen molar-refractivity contribution < 1.29 is 24.5 Å². The van der Waals surface area contributed by atoms with Gasteiger partial charge in [0.2, 0.25) is 0 Å². The van der Waals surface area contributed by atoms with Gasteiger partial charge in [0, 0.05) is 5.41 Å². The third-order valence-electron chi connectivity index (χ3n) is 15.5. The van der Waals surface area contributed by atoms with Crippen LogP contribution in [0.1, 0.15) is 112 Å². The summed E-state index contributed by atoms with van der Waals surface area (Å²) in [7, 11) is 0. The van der Waals surface area contributed by atoms with Gasteiger partial charge in [-0.05, 0) is 143 Å². The Labute approximate surface area is 253 Å². The van der Waals surface area contributed by atoms with Gasteiger partial charge in [-0.2, -0.15) is 0 Å². The number of carbonyl (C=O) groups excluding carboxylic acids is 1. The van der Waals surface area contributed by atoms with E-state index in [0.29, 0.717) is 30.3 Å². The van der Waals surface area contributed by atoms with E-state index in [1.807, 2.05) is 0 Å². The van der Waals surface area contributed by atoms with Crippen LogP contribution < -0.4 is 5.32 Å². The first-order chi connectivity index (χ1) is 19.7. The summed E-state index contributed by atoms with van der Waals surface area (Å²) in [5.41, 5.74) is 0.384. The number of aliphatic hydroxyl groups is 1. The third-order valence-corrected chi connectivity index (χ3v) is 15.5. The molecular weight excluding hydrogens is 526 g/mol. The van der Waals surface area contributed by atoms with E-state index >= 15 is 0 Å². The van der Waals surface area contributed by atoms with Crippen molar-refractivity contribution in [2.75, 3.05) is 19.7 Å². The molecule has 0 radical (unpaired) electrons. The Morgan fingerprint density at radius 3 is 2.24 bits per heavy atom. The van der Waals surface area contributed by atoms with Crippen molar-refractivity contribution in [1.82, 2.24) is 5.32 Å². The quantitative estimate of drug-likeness (QED) is 0.249. The molecule has 6 heteroatoms. The molecule has 0 aromatic heterocycles. The van der Waals surface area contributed by atoms with E-state index in [1.54, 1.807) is 0 Å². The van der Waals surface area contributed by atoms with Crippen LogP contribution in [0.25, 0.3) is 0 Å². The molecule has 0 aromatic rings. The van der Waals surface area contributed by atoms with Crippen LogP contribution in [0.3, 0.4) is 0 Å². The van der Waals surface area contributed by atoms with E-state index in [2.05, 4.69) is 46.5 Å². The zero-order valence-corrected chi connectivity index (χ0v) is 27.0. The zero-order valence-electron chi connectivity index (χ0n) is 27.0. The molecule has 42 heavy (non-hydrogen) atoms. The summed E-state index contributed by atoms with van der Waals surface area (Å²) >= 11 is 0. The minimum Gasteiger partial charge on any atom is -0.481 e. The molecule has 0 bridgehead atoms. The number of rotatable bonds is 5. The van der Waals surface area contributed by atoms with Crippen LogP contribution in [0.15, 0.2) is 12.2 Å². The van der Waals surface area contributed by atoms with Crippen LogP contribution in [0, 0.1) is 62.6 Å². The number of allylic oxidation sites excluding steroid dienone is 1. The Hall–Kier alpha value is -1.40. The molecule has 6 nitrogen and oxygen atoms in total. The molecule has 5 saturated carbocycles. The van der Waals surface area contributed by atoms with E-state index < -0.39 is 22.9 Å². The molecule has 1 aliphatic heterocycles. The number of carbonyl (C=O) groups is 2. The van der Waals surface area contributed by atoms with Crippen molar-refractivity contribution in [2.45, 2.75) is 118 Å². The monoisotopic (exact) mass is 583 g/mol.